The minimum atomic E-state index is -1.89. The number of fused-ring (bicyclic) bond motifs is 6. The van der Waals surface area contributed by atoms with E-state index in [1.54, 1.807) is 50.6 Å². The average Bonchev–Trinajstić information content (AvgIpc) is 3.78. The summed E-state index contributed by atoms with van der Waals surface area (Å²) < 4.78 is 42.5. The Morgan fingerprint density at radius 1 is 0.981 bits per heavy atom. The van der Waals surface area contributed by atoms with Crippen LogP contribution >= 0.6 is 0 Å². The van der Waals surface area contributed by atoms with E-state index in [4.69, 9.17) is 49.7 Å². The summed E-state index contributed by atoms with van der Waals surface area (Å²) in [7, 11) is 3.11. The number of methoxy groups -OCH3 is 2. The lowest BCUT2D eigenvalue weighted by Crippen LogP contribution is -2.66. The Kier molecular flexibility index (Phi) is 10.2. The quantitative estimate of drug-likeness (QED) is 0.0602. The van der Waals surface area contributed by atoms with Crippen LogP contribution in [0.5, 0.6) is 28.7 Å². The highest BCUT2D eigenvalue weighted by Gasteiger charge is 2.58. The summed E-state index contributed by atoms with van der Waals surface area (Å²) in [6, 6.07) is 14.0. The molecule has 290 valence electrons. The lowest BCUT2D eigenvalue weighted by molar-refractivity contribution is -0.291. The van der Waals surface area contributed by atoms with Gasteiger partial charge < -0.3 is 65.1 Å². The minimum absolute atomic E-state index is 0.123. The maximum Gasteiger partial charge on any atom is 0.317 e. The molecule has 4 aliphatic rings. The second kappa shape index (κ2) is 14.7. The Balaban J connectivity index is 1.31. The van der Waals surface area contributed by atoms with Gasteiger partial charge in [0.05, 0.1) is 32.0 Å². The molecule has 8 atom stereocenters. The molecule has 1 aliphatic carbocycles. The number of nitrogens with one attached hydrogen (secondary N) is 1. The molecule has 3 aromatic rings. The van der Waals surface area contributed by atoms with Crippen molar-refractivity contribution in [3.63, 3.8) is 0 Å². The van der Waals surface area contributed by atoms with Crippen LogP contribution in [0.2, 0.25) is 0 Å². The van der Waals surface area contributed by atoms with Crippen molar-refractivity contribution in [3.8, 4) is 39.9 Å². The summed E-state index contributed by atoms with van der Waals surface area (Å²) in [6.45, 7) is 0. The van der Waals surface area contributed by atoms with Crippen molar-refractivity contribution in [2.24, 2.45) is 11.5 Å². The molecule has 0 aromatic heterocycles. The lowest BCUT2D eigenvalue weighted by Gasteiger charge is -2.45. The number of carbonyl (C=O) groups is 2. The van der Waals surface area contributed by atoms with Crippen molar-refractivity contribution in [1.29, 1.82) is 0 Å². The molecule has 0 unspecified atom stereocenters. The van der Waals surface area contributed by atoms with Crippen molar-refractivity contribution in [3.05, 3.63) is 59.7 Å². The molecule has 0 radical (unpaired) electrons. The van der Waals surface area contributed by atoms with Gasteiger partial charge in [-0.25, -0.2) is 0 Å². The molecule has 17 heteroatoms. The molecule has 1 saturated heterocycles. The number of aliphatic hydroxyl groups is 3. The fourth-order valence-corrected chi connectivity index (χ4v) is 8.16. The zero-order valence-electron chi connectivity index (χ0n) is 29.4. The van der Waals surface area contributed by atoms with E-state index in [-0.39, 0.29) is 11.7 Å². The van der Waals surface area contributed by atoms with Crippen molar-refractivity contribution in [2.75, 3.05) is 19.7 Å². The van der Waals surface area contributed by atoms with Crippen molar-refractivity contribution in [1.82, 2.24) is 0 Å². The van der Waals surface area contributed by atoms with Gasteiger partial charge in [0.15, 0.2) is 17.6 Å². The minimum Gasteiger partial charge on any atom is -0.493 e. The Bertz CT molecular complexity index is 1880. The number of benzene rings is 3. The zero-order valence-corrected chi connectivity index (χ0v) is 29.4. The fourth-order valence-electron chi connectivity index (χ4n) is 8.16. The van der Waals surface area contributed by atoms with E-state index in [2.05, 4.69) is 5.48 Å². The zero-order chi connectivity index (χ0) is 38.5. The SMILES string of the molecule is COc1ccc2c(c1OC)O[C@@H]1c3c(cc(O[C@H]4O[C@H]([C@H](OC(=O)CC(=O)O)C(N)N)[C@@H](O)[C@H](O)[C@H]4O)cc3-c3ccc(NO)cc3)OC3(CCCC3)[C@@H]21. The normalized spacial score (nSPS) is 26.8. The van der Waals surface area contributed by atoms with E-state index in [0.29, 0.717) is 45.4 Å². The number of nitrogens with two attached hydrogens (primary N) is 2. The van der Waals surface area contributed by atoms with Gasteiger partial charge in [0.2, 0.25) is 12.0 Å². The summed E-state index contributed by atoms with van der Waals surface area (Å²) in [5.74, 6) is -0.843. The largest absolute Gasteiger partial charge is 0.493 e. The first-order chi connectivity index (χ1) is 25.9. The molecule has 10 N–H and O–H groups in total. The first kappa shape index (κ1) is 37.4. The molecule has 3 aromatic carbocycles. The van der Waals surface area contributed by atoms with Crippen molar-refractivity contribution < 1.29 is 68.4 Å². The molecule has 3 heterocycles. The summed E-state index contributed by atoms with van der Waals surface area (Å²) in [4.78, 5) is 23.4. The van der Waals surface area contributed by atoms with Crippen LogP contribution in [0.1, 0.15) is 55.3 Å². The third-order valence-electron chi connectivity index (χ3n) is 10.6. The van der Waals surface area contributed by atoms with Gasteiger partial charge in [-0.1, -0.05) is 18.2 Å². The summed E-state index contributed by atoms with van der Waals surface area (Å²) in [5, 5.41) is 51.4. The highest BCUT2D eigenvalue weighted by molar-refractivity contribution is 5.90. The van der Waals surface area contributed by atoms with Crippen LogP contribution in [0.15, 0.2) is 48.5 Å². The van der Waals surface area contributed by atoms with Gasteiger partial charge in [-0.2, -0.15) is 0 Å². The van der Waals surface area contributed by atoms with Crippen LogP contribution in [0.3, 0.4) is 0 Å². The van der Waals surface area contributed by atoms with E-state index in [9.17, 15) is 30.1 Å². The molecule has 54 heavy (non-hydrogen) atoms. The number of esters is 1. The van der Waals surface area contributed by atoms with Crippen molar-refractivity contribution in [2.45, 2.75) is 92.7 Å². The van der Waals surface area contributed by atoms with Gasteiger partial charge in [0, 0.05) is 17.2 Å². The number of hydrogen-bond acceptors (Lipinski definition) is 16. The van der Waals surface area contributed by atoms with Crippen LogP contribution in [0, 0.1) is 0 Å². The molecule has 7 rings (SSSR count). The Hall–Kier alpha value is -4.88. The van der Waals surface area contributed by atoms with E-state index >= 15 is 0 Å². The molecular weight excluding hydrogens is 710 g/mol. The van der Waals surface area contributed by atoms with E-state index < -0.39 is 73.0 Å². The number of carbonyl (C=O) groups excluding carboxylic acids is 1. The van der Waals surface area contributed by atoms with Crippen LogP contribution in [0.4, 0.5) is 5.69 Å². The lowest BCUT2D eigenvalue weighted by atomic mass is 9.73. The monoisotopic (exact) mass is 753 g/mol. The highest BCUT2D eigenvalue weighted by Crippen LogP contribution is 2.65. The maximum atomic E-state index is 12.3. The standard InChI is InChI=1S/C37H43N3O14/c1-48-21-10-9-19-26-32(52-30(19)31(21)49-2)25-20(16-5-7-17(40-47)8-6-16)13-18(14-22(25)54-37(26)11-3-4-12-37)50-36-29(46)27(44)28(45)33(53-36)34(35(38)39)51-24(43)15-23(41)42/h5-10,13-14,26-29,32-36,40,44-47H,3-4,11-12,15,38-39H2,1-2H3,(H,41,42)/t26-,27-,28-,29+,32+,33-,34-,36-/m0/s1. The van der Waals surface area contributed by atoms with Crippen LogP contribution in [-0.4, -0.2) is 100 Å². The Morgan fingerprint density at radius 2 is 1.70 bits per heavy atom. The number of carboxylic acid groups (broad SMARTS) is 1. The topological polar surface area (TPSA) is 264 Å². The van der Waals surface area contributed by atoms with Crippen LogP contribution in [0.25, 0.3) is 11.1 Å². The van der Waals surface area contributed by atoms with Gasteiger partial charge in [-0.05, 0) is 61.1 Å². The van der Waals surface area contributed by atoms with Gasteiger partial charge in [-0.3, -0.25) is 20.3 Å². The molecule has 2 fully saturated rings. The molecule has 1 saturated carbocycles. The second-order valence-electron chi connectivity index (χ2n) is 13.8. The number of carboxylic acids is 1. The third kappa shape index (κ3) is 6.51. The summed E-state index contributed by atoms with van der Waals surface area (Å²) >= 11 is 0. The van der Waals surface area contributed by atoms with Crippen LogP contribution in [-0.2, 0) is 19.1 Å². The van der Waals surface area contributed by atoms with Gasteiger partial charge in [0.25, 0.3) is 0 Å². The van der Waals surface area contributed by atoms with E-state index in [1.807, 2.05) is 12.1 Å². The van der Waals surface area contributed by atoms with Gasteiger partial charge in [0.1, 0.15) is 54.0 Å². The fraction of sp³-hybridized carbons (Fsp3) is 0.459. The smallest absolute Gasteiger partial charge is 0.317 e. The van der Waals surface area contributed by atoms with Crippen molar-refractivity contribution >= 4 is 17.6 Å². The summed E-state index contributed by atoms with van der Waals surface area (Å²) in [6.07, 6.45) is -10.3. The molecular formula is C37H43N3O14. The summed E-state index contributed by atoms with van der Waals surface area (Å²) in [5.41, 5.74) is 16.5. The number of ether oxygens (including phenoxy) is 7. The first-order valence-corrected chi connectivity index (χ1v) is 17.5. The predicted octanol–water partition coefficient (Wildman–Crippen LogP) is 1.91. The highest BCUT2D eigenvalue weighted by atomic mass is 16.7. The van der Waals surface area contributed by atoms with Gasteiger partial charge >= 0.3 is 11.9 Å². The average molecular weight is 754 g/mol. The molecule has 0 bridgehead atoms. The van der Waals surface area contributed by atoms with Gasteiger partial charge in [-0.15, -0.1) is 0 Å². The number of aliphatic carboxylic acids is 1. The number of rotatable bonds is 11. The molecule has 17 nitrogen and oxygen atoms in total. The van der Waals surface area contributed by atoms with E-state index in [0.717, 1.165) is 31.2 Å². The molecule has 0 amide bonds. The molecule has 3 aliphatic heterocycles. The second-order valence-corrected chi connectivity index (χ2v) is 13.8. The Labute approximate surface area is 309 Å². The predicted molar refractivity (Wildman–Crippen MR) is 186 cm³/mol. The Morgan fingerprint density at radius 3 is 2.33 bits per heavy atom. The maximum absolute atomic E-state index is 12.3. The first-order valence-electron chi connectivity index (χ1n) is 17.5. The number of aliphatic hydroxyl groups excluding tert-OH is 3. The number of anilines is 1. The van der Waals surface area contributed by atoms with Crippen LogP contribution < -0.4 is 40.6 Å². The van der Waals surface area contributed by atoms with E-state index in [1.165, 1.54) is 0 Å². The molecule has 1 spiro atoms. The number of hydrogen-bond donors (Lipinski definition) is 8. The third-order valence-corrected chi connectivity index (χ3v) is 10.6.